The van der Waals surface area contributed by atoms with E-state index in [1.165, 1.54) is 0 Å². The molecule has 0 rings (SSSR count). The van der Waals surface area contributed by atoms with Gasteiger partial charge in [0.2, 0.25) is 0 Å². The van der Waals surface area contributed by atoms with E-state index in [0.717, 1.165) is 0 Å². The summed E-state index contributed by atoms with van der Waals surface area (Å²) in [5.74, 6) is 0.584. The van der Waals surface area contributed by atoms with Crippen molar-refractivity contribution in [2.75, 3.05) is 13.2 Å². The summed E-state index contributed by atoms with van der Waals surface area (Å²) in [6, 6.07) is 0.425. The van der Waals surface area contributed by atoms with Gasteiger partial charge in [0.05, 0.1) is 18.3 Å². The molecule has 15 heavy (non-hydrogen) atoms. The number of hydrogen-bond donors (Lipinski definition) is 2. The maximum atomic E-state index is 9.66. The van der Waals surface area contributed by atoms with Crippen LogP contribution in [0.15, 0.2) is 0 Å². The molecule has 3 nitrogen and oxygen atoms in total. The second-order valence-corrected chi connectivity index (χ2v) is 5.52. The van der Waals surface area contributed by atoms with Crippen molar-refractivity contribution in [2.24, 2.45) is 5.92 Å². The van der Waals surface area contributed by atoms with Gasteiger partial charge in [-0.15, -0.1) is 0 Å². The van der Waals surface area contributed by atoms with Crippen LogP contribution in [0.3, 0.4) is 0 Å². The smallest absolute Gasteiger partial charge is 0.0898 e. The zero-order chi connectivity index (χ0) is 12.1. The summed E-state index contributed by atoms with van der Waals surface area (Å²) in [4.78, 5) is 0. The number of nitrogens with one attached hydrogen (secondary N) is 1. The lowest BCUT2D eigenvalue weighted by Gasteiger charge is -2.24. The van der Waals surface area contributed by atoms with E-state index in [2.05, 4.69) is 26.1 Å². The van der Waals surface area contributed by atoms with Gasteiger partial charge in [-0.05, 0) is 33.6 Å². The van der Waals surface area contributed by atoms with Crippen molar-refractivity contribution < 1.29 is 9.84 Å². The summed E-state index contributed by atoms with van der Waals surface area (Å²) in [6.45, 7) is 13.4. The second kappa shape index (κ2) is 6.46. The van der Waals surface area contributed by atoms with E-state index in [1.54, 1.807) is 0 Å². The standard InChI is InChI=1S/C12H27NO2/c1-9(2)10(3)13-7-11(14)8-15-12(4,5)6/h9-11,13-14H,7-8H2,1-6H3. The molecule has 0 aromatic heterocycles. The summed E-state index contributed by atoms with van der Waals surface area (Å²) in [5, 5.41) is 12.9. The normalized spacial score (nSPS) is 16.8. The highest BCUT2D eigenvalue weighted by molar-refractivity contribution is 4.69. The summed E-state index contributed by atoms with van der Waals surface area (Å²) in [5.41, 5.74) is -0.176. The molecule has 0 amide bonds. The van der Waals surface area contributed by atoms with E-state index in [0.29, 0.717) is 25.1 Å². The Morgan fingerprint density at radius 3 is 2.13 bits per heavy atom. The fraction of sp³-hybridized carbons (Fsp3) is 1.00. The molecule has 92 valence electrons. The molecule has 0 aliphatic rings. The number of rotatable bonds is 6. The minimum absolute atomic E-state index is 0.176. The van der Waals surface area contributed by atoms with Gasteiger partial charge < -0.3 is 15.2 Å². The molecule has 0 heterocycles. The van der Waals surface area contributed by atoms with Gasteiger partial charge in [0.15, 0.2) is 0 Å². The van der Waals surface area contributed by atoms with Gasteiger partial charge in [0.1, 0.15) is 0 Å². The van der Waals surface area contributed by atoms with Crippen molar-refractivity contribution >= 4 is 0 Å². The van der Waals surface area contributed by atoms with Crippen LogP contribution in [0, 0.1) is 5.92 Å². The number of aliphatic hydroxyl groups is 1. The van der Waals surface area contributed by atoms with E-state index in [-0.39, 0.29) is 5.60 Å². The van der Waals surface area contributed by atoms with Crippen LogP contribution in [0.5, 0.6) is 0 Å². The molecule has 0 saturated carbocycles. The van der Waals surface area contributed by atoms with E-state index in [4.69, 9.17) is 4.74 Å². The Morgan fingerprint density at radius 2 is 1.73 bits per heavy atom. The number of hydrogen-bond acceptors (Lipinski definition) is 3. The minimum Gasteiger partial charge on any atom is -0.389 e. The van der Waals surface area contributed by atoms with Crippen molar-refractivity contribution in [2.45, 2.75) is 59.3 Å². The molecule has 0 radical (unpaired) electrons. The van der Waals surface area contributed by atoms with Crippen LogP contribution in [0.25, 0.3) is 0 Å². The summed E-state index contributed by atoms with van der Waals surface area (Å²) in [7, 11) is 0. The predicted molar refractivity (Wildman–Crippen MR) is 64.0 cm³/mol. The van der Waals surface area contributed by atoms with E-state index >= 15 is 0 Å². The first kappa shape index (κ1) is 14.9. The molecule has 0 spiro atoms. The zero-order valence-electron chi connectivity index (χ0n) is 11.0. The second-order valence-electron chi connectivity index (χ2n) is 5.52. The molecular formula is C12H27NO2. The first-order valence-corrected chi connectivity index (χ1v) is 5.78. The quantitative estimate of drug-likeness (QED) is 0.713. The number of ether oxygens (including phenoxy) is 1. The molecule has 3 heteroatoms. The van der Waals surface area contributed by atoms with Gasteiger partial charge >= 0.3 is 0 Å². The van der Waals surface area contributed by atoms with Crippen LogP contribution < -0.4 is 5.32 Å². The van der Waals surface area contributed by atoms with Crippen LogP contribution >= 0.6 is 0 Å². The Balaban J connectivity index is 3.62. The van der Waals surface area contributed by atoms with Gasteiger partial charge in [0.25, 0.3) is 0 Å². The highest BCUT2D eigenvalue weighted by Gasteiger charge is 2.14. The third kappa shape index (κ3) is 8.85. The molecule has 0 saturated heterocycles. The van der Waals surface area contributed by atoms with Crippen molar-refractivity contribution in [1.29, 1.82) is 0 Å². The highest BCUT2D eigenvalue weighted by Crippen LogP contribution is 2.07. The largest absolute Gasteiger partial charge is 0.389 e. The molecule has 0 aromatic carbocycles. The third-order valence-corrected chi connectivity index (χ3v) is 2.38. The van der Waals surface area contributed by atoms with Crippen LogP contribution in [-0.2, 0) is 4.74 Å². The van der Waals surface area contributed by atoms with Crippen LogP contribution in [0.4, 0.5) is 0 Å². The van der Waals surface area contributed by atoms with Gasteiger partial charge in [-0.1, -0.05) is 13.8 Å². The third-order valence-electron chi connectivity index (χ3n) is 2.38. The topological polar surface area (TPSA) is 41.5 Å². The summed E-state index contributed by atoms with van der Waals surface area (Å²) < 4.78 is 5.49. The van der Waals surface area contributed by atoms with Crippen molar-refractivity contribution in [1.82, 2.24) is 5.32 Å². The maximum Gasteiger partial charge on any atom is 0.0898 e. The molecule has 0 fully saturated rings. The average Bonchev–Trinajstić information content (AvgIpc) is 2.09. The van der Waals surface area contributed by atoms with Crippen LogP contribution in [0.1, 0.15) is 41.5 Å². The molecule has 0 aromatic rings. The molecule has 0 aliphatic carbocycles. The Morgan fingerprint density at radius 1 is 1.20 bits per heavy atom. The highest BCUT2D eigenvalue weighted by atomic mass is 16.5. The molecule has 2 N–H and O–H groups in total. The molecule has 2 unspecified atom stereocenters. The van der Waals surface area contributed by atoms with Gasteiger partial charge in [0, 0.05) is 12.6 Å². The SMILES string of the molecule is CC(C)C(C)NCC(O)COC(C)(C)C. The monoisotopic (exact) mass is 217 g/mol. The predicted octanol–water partition coefficient (Wildman–Crippen LogP) is 1.80. The molecule has 2 atom stereocenters. The molecular weight excluding hydrogens is 190 g/mol. The first-order chi connectivity index (χ1) is 6.72. The lowest BCUT2D eigenvalue weighted by Crippen LogP contribution is -2.39. The molecule has 0 aliphatic heterocycles. The lowest BCUT2D eigenvalue weighted by molar-refractivity contribution is -0.0484. The Labute approximate surface area is 94.2 Å². The first-order valence-electron chi connectivity index (χ1n) is 5.78. The van der Waals surface area contributed by atoms with Gasteiger partial charge in [-0.25, -0.2) is 0 Å². The van der Waals surface area contributed by atoms with Gasteiger partial charge in [-0.2, -0.15) is 0 Å². The summed E-state index contributed by atoms with van der Waals surface area (Å²) in [6.07, 6.45) is -0.426. The van der Waals surface area contributed by atoms with Crippen molar-refractivity contribution in [3.05, 3.63) is 0 Å². The fourth-order valence-electron chi connectivity index (χ4n) is 0.963. The average molecular weight is 217 g/mol. The Hall–Kier alpha value is -0.120. The van der Waals surface area contributed by atoms with Crippen molar-refractivity contribution in [3.63, 3.8) is 0 Å². The fourth-order valence-corrected chi connectivity index (χ4v) is 0.963. The van der Waals surface area contributed by atoms with E-state index in [9.17, 15) is 5.11 Å². The van der Waals surface area contributed by atoms with Crippen LogP contribution in [-0.4, -0.2) is 36.0 Å². The van der Waals surface area contributed by atoms with E-state index in [1.807, 2.05) is 20.8 Å². The van der Waals surface area contributed by atoms with Gasteiger partial charge in [-0.3, -0.25) is 0 Å². The Bertz CT molecular complexity index is 163. The summed E-state index contributed by atoms with van der Waals surface area (Å²) >= 11 is 0. The van der Waals surface area contributed by atoms with Crippen molar-refractivity contribution in [3.8, 4) is 0 Å². The van der Waals surface area contributed by atoms with Crippen LogP contribution in [0.2, 0.25) is 0 Å². The maximum absolute atomic E-state index is 9.66. The lowest BCUT2D eigenvalue weighted by atomic mass is 10.1. The number of aliphatic hydroxyl groups excluding tert-OH is 1. The molecule has 0 bridgehead atoms. The van der Waals surface area contributed by atoms with E-state index < -0.39 is 6.10 Å². The Kier molecular flexibility index (Phi) is 6.41. The minimum atomic E-state index is -0.426. The zero-order valence-corrected chi connectivity index (χ0v) is 11.0.